The maximum absolute atomic E-state index is 13.4. The van der Waals surface area contributed by atoms with Gasteiger partial charge in [-0.05, 0) is 48.7 Å². The molecule has 0 aliphatic heterocycles. The first-order chi connectivity index (χ1) is 9.85. The molecule has 2 aromatic carbocycles. The minimum atomic E-state index is -0.599. The van der Waals surface area contributed by atoms with E-state index in [0.717, 1.165) is 27.2 Å². The van der Waals surface area contributed by atoms with Crippen molar-refractivity contribution in [3.8, 4) is 5.75 Å². The summed E-state index contributed by atoms with van der Waals surface area (Å²) in [6.07, 6.45) is 0. The van der Waals surface area contributed by atoms with Gasteiger partial charge in [-0.1, -0.05) is 31.9 Å². The van der Waals surface area contributed by atoms with Gasteiger partial charge in [0.05, 0.1) is 11.9 Å². The van der Waals surface area contributed by atoms with Crippen molar-refractivity contribution in [1.82, 2.24) is 0 Å². The van der Waals surface area contributed by atoms with Crippen molar-refractivity contribution in [3.63, 3.8) is 0 Å². The third-order valence-electron chi connectivity index (χ3n) is 3.34. The molecule has 2 rings (SSSR count). The number of hydrogen-bond donors (Lipinski definition) is 0. The molecule has 0 aliphatic carbocycles. The Morgan fingerprint density at radius 3 is 2.14 bits per heavy atom. The molecule has 0 amide bonds. The molecule has 0 saturated carbocycles. The number of ether oxygens (including phenoxy) is 1. The summed E-state index contributed by atoms with van der Waals surface area (Å²) in [6.45, 7) is 3.86. The zero-order valence-electron chi connectivity index (χ0n) is 11.8. The van der Waals surface area contributed by atoms with Gasteiger partial charge in [-0.15, -0.1) is 0 Å². The Balaban J connectivity index is 2.64. The highest BCUT2D eigenvalue weighted by molar-refractivity contribution is 9.10. The molecule has 0 saturated heterocycles. The van der Waals surface area contributed by atoms with E-state index in [9.17, 15) is 8.78 Å². The Labute approximate surface area is 139 Å². The summed E-state index contributed by atoms with van der Waals surface area (Å²) in [5.74, 6) is -0.488. The second-order valence-electron chi connectivity index (χ2n) is 4.81. The topological polar surface area (TPSA) is 9.23 Å². The lowest BCUT2D eigenvalue weighted by Gasteiger charge is -2.20. The van der Waals surface area contributed by atoms with Gasteiger partial charge in [0.1, 0.15) is 17.4 Å². The molecule has 5 heteroatoms. The van der Waals surface area contributed by atoms with Crippen molar-refractivity contribution in [1.29, 1.82) is 0 Å². The quantitative estimate of drug-likeness (QED) is 0.568. The van der Waals surface area contributed by atoms with E-state index in [1.807, 2.05) is 19.9 Å². The van der Waals surface area contributed by atoms with E-state index in [-0.39, 0.29) is 4.83 Å². The number of halogens is 4. The lowest BCUT2D eigenvalue weighted by atomic mass is 9.97. The lowest BCUT2D eigenvalue weighted by Crippen LogP contribution is -2.03. The molecule has 0 aliphatic rings. The molecule has 0 heterocycles. The van der Waals surface area contributed by atoms with E-state index in [2.05, 4.69) is 31.9 Å². The molecule has 1 nitrogen and oxygen atoms in total. The third-order valence-corrected chi connectivity index (χ3v) is 5.15. The van der Waals surface area contributed by atoms with Crippen molar-refractivity contribution < 1.29 is 13.5 Å². The number of benzene rings is 2. The van der Waals surface area contributed by atoms with Crippen molar-refractivity contribution >= 4 is 31.9 Å². The number of rotatable bonds is 3. The fourth-order valence-corrected chi connectivity index (χ4v) is 3.71. The number of hydrogen-bond acceptors (Lipinski definition) is 1. The van der Waals surface area contributed by atoms with Gasteiger partial charge in [0.25, 0.3) is 0 Å². The van der Waals surface area contributed by atoms with Crippen LogP contribution < -0.4 is 4.74 Å². The van der Waals surface area contributed by atoms with Crippen LogP contribution in [0, 0.1) is 25.5 Å². The first-order valence-electron chi connectivity index (χ1n) is 6.28. The standard InChI is InChI=1S/C16H14Br2F2O/c1-8-4-13(17)9(2)14(16(8)21-3)15(18)10-5-11(19)7-12(20)6-10/h4-7,15H,1-3H3. The van der Waals surface area contributed by atoms with Gasteiger partial charge in [-0.25, -0.2) is 8.78 Å². The van der Waals surface area contributed by atoms with E-state index in [4.69, 9.17) is 4.74 Å². The SMILES string of the molecule is COc1c(C)cc(Br)c(C)c1C(Br)c1cc(F)cc(F)c1. The summed E-state index contributed by atoms with van der Waals surface area (Å²) in [5, 5.41) is 0. The van der Waals surface area contributed by atoms with Crippen molar-refractivity contribution in [2.45, 2.75) is 18.7 Å². The molecular formula is C16H14Br2F2O. The molecular weight excluding hydrogens is 406 g/mol. The molecule has 0 radical (unpaired) electrons. The van der Waals surface area contributed by atoms with Crippen molar-refractivity contribution in [2.24, 2.45) is 0 Å². The van der Waals surface area contributed by atoms with Crippen molar-refractivity contribution in [2.75, 3.05) is 7.11 Å². The maximum Gasteiger partial charge on any atom is 0.126 e. The van der Waals surface area contributed by atoms with E-state index in [1.165, 1.54) is 12.1 Å². The second kappa shape index (κ2) is 6.44. The van der Waals surface area contributed by atoms with Gasteiger partial charge in [-0.3, -0.25) is 0 Å². The van der Waals surface area contributed by atoms with Crippen LogP contribution in [0.5, 0.6) is 5.75 Å². The zero-order chi connectivity index (χ0) is 15.7. The minimum absolute atomic E-state index is 0.367. The Kier molecular flexibility index (Phi) is 5.04. The molecule has 1 atom stereocenters. The van der Waals surface area contributed by atoms with Gasteiger partial charge in [0.2, 0.25) is 0 Å². The lowest BCUT2D eigenvalue weighted by molar-refractivity contribution is 0.406. The van der Waals surface area contributed by atoms with Crippen LogP contribution in [0.1, 0.15) is 27.1 Å². The van der Waals surface area contributed by atoms with Crippen LogP contribution in [0.15, 0.2) is 28.7 Å². The van der Waals surface area contributed by atoms with Crippen LogP contribution in [0.4, 0.5) is 8.78 Å². The average Bonchev–Trinajstić information content (AvgIpc) is 2.40. The fraction of sp³-hybridized carbons (Fsp3) is 0.250. The summed E-state index contributed by atoms with van der Waals surface area (Å²) in [4.78, 5) is -0.367. The highest BCUT2D eigenvalue weighted by Crippen LogP contribution is 2.43. The van der Waals surface area contributed by atoms with Crippen LogP contribution in [-0.2, 0) is 0 Å². The Morgan fingerprint density at radius 1 is 1.05 bits per heavy atom. The van der Waals surface area contributed by atoms with Crippen LogP contribution in [-0.4, -0.2) is 7.11 Å². The van der Waals surface area contributed by atoms with Crippen LogP contribution in [0.3, 0.4) is 0 Å². The Hall–Kier alpha value is -0.940. The molecule has 112 valence electrons. The van der Waals surface area contributed by atoms with Crippen LogP contribution in [0.2, 0.25) is 0 Å². The number of aryl methyl sites for hydroxylation is 1. The van der Waals surface area contributed by atoms with Gasteiger partial charge in [-0.2, -0.15) is 0 Å². The monoisotopic (exact) mass is 418 g/mol. The second-order valence-corrected chi connectivity index (χ2v) is 6.58. The van der Waals surface area contributed by atoms with E-state index in [0.29, 0.717) is 11.3 Å². The molecule has 1 unspecified atom stereocenters. The van der Waals surface area contributed by atoms with E-state index in [1.54, 1.807) is 7.11 Å². The fourth-order valence-electron chi connectivity index (χ4n) is 2.34. The summed E-state index contributed by atoms with van der Waals surface area (Å²) in [7, 11) is 1.59. The molecule has 0 spiro atoms. The largest absolute Gasteiger partial charge is 0.496 e. The normalized spacial score (nSPS) is 12.3. The molecule has 2 aromatic rings. The summed E-state index contributed by atoms with van der Waals surface area (Å²) < 4.78 is 33.3. The van der Waals surface area contributed by atoms with Crippen LogP contribution >= 0.6 is 31.9 Å². The van der Waals surface area contributed by atoms with Gasteiger partial charge in [0.15, 0.2) is 0 Å². The predicted octanol–water partition coefficient (Wildman–Crippen LogP) is 5.84. The summed E-state index contributed by atoms with van der Waals surface area (Å²) in [5.41, 5.74) is 3.27. The van der Waals surface area contributed by atoms with Crippen molar-refractivity contribution in [3.05, 3.63) is 62.6 Å². The van der Waals surface area contributed by atoms with Gasteiger partial charge in [0, 0.05) is 16.1 Å². The van der Waals surface area contributed by atoms with E-state index >= 15 is 0 Å². The highest BCUT2D eigenvalue weighted by Gasteiger charge is 2.22. The molecule has 0 bridgehead atoms. The highest BCUT2D eigenvalue weighted by atomic mass is 79.9. The smallest absolute Gasteiger partial charge is 0.126 e. The maximum atomic E-state index is 13.4. The number of methoxy groups -OCH3 is 1. The molecule has 0 N–H and O–H groups in total. The molecule has 0 fully saturated rings. The minimum Gasteiger partial charge on any atom is -0.496 e. The first kappa shape index (κ1) is 16.4. The predicted molar refractivity (Wildman–Crippen MR) is 87.3 cm³/mol. The van der Waals surface area contributed by atoms with E-state index < -0.39 is 11.6 Å². The average molecular weight is 420 g/mol. The summed E-state index contributed by atoms with van der Waals surface area (Å²) in [6, 6.07) is 5.46. The molecule has 21 heavy (non-hydrogen) atoms. The third kappa shape index (κ3) is 3.29. The summed E-state index contributed by atoms with van der Waals surface area (Å²) >= 11 is 7.04. The Morgan fingerprint density at radius 2 is 1.62 bits per heavy atom. The first-order valence-corrected chi connectivity index (χ1v) is 7.99. The number of alkyl halides is 1. The van der Waals surface area contributed by atoms with Gasteiger partial charge >= 0.3 is 0 Å². The van der Waals surface area contributed by atoms with Crippen LogP contribution in [0.25, 0.3) is 0 Å². The van der Waals surface area contributed by atoms with Gasteiger partial charge < -0.3 is 4.74 Å². The zero-order valence-corrected chi connectivity index (χ0v) is 15.0. The molecule has 0 aromatic heterocycles. The Bertz CT molecular complexity index is 666.